The third-order valence-corrected chi connectivity index (χ3v) is 4.03. The van der Waals surface area contributed by atoms with Gasteiger partial charge in [-0.25, -0.2) is 4.79 Å². The lowest BCUT2D eigenvalue weighted by atomic mass is 9.86. The lowest BCUT2D eigenvalue weighted by Gasteiger charge is -2.29. The van der Waals surface area contributed by atoms with Gasteiger partial charge < -0.3 is 15.4 Å². The van der Waals surface area contributed by atoms with E-state index in [-0.39, 0.29) is 12.1 Å². The first-order valence-corrected chi connectivity index (χ1v) is 7.32. The number of amides is 2. The summed E-state index contributed by atoms with van der Waals surface area (Å²) < 4.78 is 5.27. The minimum atomic E-state index is -0.146. The highest BCUT2D eigenvalue weighted by Gasteiger charge is 2.23. The first-order chi connectivity index (χ1) is 9.60. The molecule has 2 atom stereocenters. The monoisotopic (exact) mass is 276 g/mol. The van der Waals surface area contributed by atoms with E-state index in [9.17, 15) is 4.79 Å². The van der Waals surface area contributed by atoms with Crippen LogP contribution in [0.2, 0.25) is 0 Å². The van der Waals surface area contributed by atoms with Gasteiger partial charge in [0.25, 0.3) is 0 Å². The summed E-state index contributed by atoms with van der Waals surface area (Å²) in [4.78, 5) is 12.1. The number of nitrogens with one attached hydrogen (secondary N) is 2. The molecule has 1 aromatic carbocycles. The summed E-state index contributed by atoms with van der Waals surface area (Å²) in [5.74, 6) is 1.23. The van der Waals surface area contributed by atoms with Crippen molar-refractivity contribution in [2.45, 2.75) is 45.6 Å². The first kappa shape index (κ1) is 14.7. The predicted molar refractivity (Wildman–Crippen MR) is 81.3 cm³/mol. The molecule has 0 spiro atoms. The molecule has 2 N–H and O–H groups in total. The van der Waals surface area contributed by atoms with Crippen molar-refractivity contribution in [3.63, 3.8) is 0 Å². The first-order valence-electron chi connectivity index (χ1n) is 7.32. The number of hydrogen-bond acceptors (Lipinski definition) is 2. The second-order valence-electron chi connectivity index (χ2n) is 5.67. The Kier molecular flexibility index (Phi) is 4.88. The number of methoxy groups -OCH3 is 1. The summed E-state index contributed by atoms with van der Waals surface area (Å²) in [7, 11) is 1.61. The van der Waals surface area contributed by atoms with E-state index in [2.05, 4.69) is 17.6 Å². The minimum Gasteiger partial charge on any atom is -0.495 e. The quantitative estimate of drug-likeness (QED) is 0.884. The summed E-state index contributed by atoms with van der Waals surface area (Å²) in [6, 6.07) is 5.88. The highest BCUT2D eigenvalue weighted by atomic mass is 16.5. The van der Waals surface area contributed by atoms with E-state index in [4.69, 9.17) is 4.74 Å². The molecule has 20 heavy (non-hydrogen) atoms. The Balaban J connectivity index is 1.99. The summed E-state index contributed by atoms with van der Waals surface area (Å²) in [5, 5.41) is 5.98. The van der Waals surface area contributed by atoms with Crippen molar-refractivity contribution in [3.8, 4) is 5.75 Å². The predicted octanol–water partition coefficient (Wildman–Crippen LogP) is 3.70. The van der Waals surface area contributed by atoms with Crippen molar-refractivity contribution in [1.29, 1.82) is 0 Å². The number of ether oxygens (including phenoxy) is 1. The molecule has 1 aromatic rings. The highest BCUT2D eigenvalue weighted by molar-refractivity contribution is 5.91. The molecule has 1 saturated carbocycles. The van der Waals surface area contributed by atoms with Gasteiger partial charge in [0.15, 0.2) is 0 Å². The lowest BCUT2D eigenvalue weighted by molar-refractivity contribution is 0.232. The summed E-state index contributed by atoms with van der Waals surface area (Å²) in [5.41, 5.74) is 1.81. The van der Waals surface area contributed by atoms with E-state index in [1.807, 2.05) is 25.1 Å². The molecule has 1 aliphatic rings. The minimum absolute atomic E-state index is 0.146. The number of hydrogen-bond donors (Lipinski definition) is 2. The second kappa shape index (κ2) is 6.64. The summed E-state index contributed by atoms with van der Waals surface area (Å²) in [6.07, 6.45) is 4.73. The van der Waals surface area contributed by atoms with Gasteiger partial charge >= 0.3 is 6.03 Å². The van der Waals surface area contributed by atoms with Gasteiger partial charge in [-0.15, -0.1) is 0 Å². The van der Waals surface area contributed by atoms with E-state index < -0.39 is 0 Å². The average Bonchev–Trinajstić information content (AvgIpc) is 2.41. The number of anilines is 1. The Morgan fingerprint density at radius 2 is 2.05 bits per heavy atom. The Morgan fingerprint density at radius 1 is 1.30 bits per heavy atom. The third-order valence-electron chi connectivity index (χ3n) is 4.03. The van der Waals surface area contributed by atoms with Crippen LogP contribution < -0.4 is 15.4 Å². The fourth-order valence-corrected chi connectivity index (χ4v) is 2.78. The smallest absolute Gasteiger partial charge is 0.319 e. The zero-order valence-electron chi connectivity index (χ0n) is 12.5. The molecule has 1 fully saturated rings. The van der Waals surface area contributed by atoms with Crippen LogP contribution in [-0.2, 0) is 0 Å². The van der Waals surface area contributed by atoms with E-state index in [0.29, 0.717) is 17.4 Å². The van der Waals surface area contributed by atoms with Gasteiger partial charge in [-0.05, 0) is 43.4 Å². The van der Waals surface area contributed by atoms with Gasteiger partial charge in [0.05, 0.1) is 12.8 Å². The van der Waals surface area contributed by atoms with E-state index in [0.717, 1.165) is 12.0 Å². The van der Waals surface area contributed by atoms with Crippen LogP contribution in [0.1, 0.15) is 38.2 Å². The van der Waals surface area contributed by atoms with Crippen LogP contribution in [0.15, 0.2) is 18.2 Å². The van der Waals surface area contributed by atoms with Crippen LogP contribution >= 0.6 is 0 Å². The number of benzene rings is 1. The average molecular weight is 276 g/mol. The standard InChI is InChI=1S/C16H24N2O2/c1-11-8-9-15(20-3)14(10-11)18-16(19)17-13-7-5-4-6-12(13)2/h8-10,12-13H,4-7H2,1-3H3,(H2,17,18,19)/t12-,13-/m1/s1. The molecule has 0 unspecified atom stereocenters. The van der Waals surface area contributed by atoms with Crippen molar-refractivity contribution in [3.05, 3.63) is 23.8 Å². The van der Waals surface area contributed by atoms with Gasteiger partial charge in [-0.3, -0.25) is 0 Å². The van der Waals surface area contributed by atoms with Crippen molar-refractivity contribution < 1.29 is 9.53 Å². The number of carbonyl (C=O) groups is 1. The molecule has 2 amide bonds. The maximum absolute atomic E-state index is 12.1. The third kappa shape index (κ3) is 3.65. The Bertz CT molecular complexity index is 474. The Hall–Kier alpha value is -1.71. The normalized spacial score (nSPS) is 22.1. The van der Waals surface area contributed by atoms with Gasteiger partial charge in [0.1, 0.15) is 5.75 Å². The van der Waals surface area contributed by atoms with E-state index in [1.54, 1.807) is 7.11 Å². The van der Waals surface area contributed by atoms with Crippen LogP contribution in [-0.4, -0.2) is 19.2 Å². The van der Waals surface area contributed by atoms with Gasteiger partial charge in [-0.1, -0.05) is 25.8 Å². The molecule has 0 heterocycles. The molecule has 0 aromatic heterocycles. The molecule has 0 bridgehead atoms. The van der Waals surface area contributed by atoms with Crippen LogP contribution in [0.4, 0.5) is 10.5 Å². The molecule has 2 rings (SSSR count). The molecule has 0 aliphatic heterocycles. The van der Waals surface area contributed by atoms with Gasteiger partial charge in [0.2, 0.25) is 0 Å². The Labute approximate surface area is 120 Å². The Morgan fingerprint density at radius 3 is 2.75 bits per heavy atom. The van der Waals surface area contributed by atoms with Crippen molar-refractivity contribution >= 4 is 11.7 Å². The zero-order valence-corrected chi connectivity index (χ0v) is 12.5. The fourth-order valence-electron chi connectivity index (χ4n) is 2.78. The van der Waals surface area contributed by atoms with Crippen LogP contribution in [0.5, 0.6) is 5.75 Å². The molecule has 110 valence electrons. The van der Waals surface area contributed by atoms with Crippen LogP contribution in [0.3, 0.4) is 0 Å². The maximum atomic E-state index is 12.1. The van der Waals surface area contributed by atoms with E-state index >= 15 is 0 Å². The van der Waals surface area contributed by atoms with Crippen molar-refractivity contribution in [1.82, 2.24) is 5.32 Å². The highest BCUT2D eigenvalue weighted by Crippen LogP contribution is 2.26. The van der Waals surface area contributed by atoms with Crippen LogP contribution in [0, 0.1) is 12.8 Å². The molecule has 4 heteroatoms. The summed E-state index contributed by atoms with van der Waals surface area (Å²) >= 11 is 0. The topological polar surface area (TPSA) is 50.4 Å². The number of rotatable bonds is 3. The van der Waals surface area contributed by atoms with Crippen LogP contribution in [0.25, 0.3) is 0 Å². The molecule has 0 radical (unpaired) electrons. The maximum Gasteiger partial charge on any atom is 0.319 e. The number of aryl methyl sites for hydroxylation is 1. The SMILES string of the molecule is COc1ccc(C)cc1NC(=O)N[C@@H]1CCCC[C@H]1C. The largest absolute Gasteiger partial charge is 0.495 e. The van der Waals surface area contributed by atoms with Gasteiger partial charge in [-0.2, -0.15) is 0 Å². The van der Waals surface area contributed by atoms with Crippen molar-refractivity contribution in [2.24, 2.45) is 5.92 Å². The summed E-state index contributed by atoms with van der Waals surface area (Å²) in [6.45, 7) is 4.20. The zero-order chi connectivity index (χ0) is 14.5. The number of urea groups is 1. The number of carbonyl (C=O) groups excluding carboxylic acids is 1. The molecule has 1 aliphatic carbocycles. The molecule has 4 nitrogen and oxygen atoms in total. The van der Waals surface area contributed by atoms with E-state index in [1.165, 1.54) is 19.3 Å². The molecular weight excluding hydrogens is 252 g/mol. The van der Waals surface area contributed by atoms with Gasteiger partial charge in [0, 0.05) is 6.04 Å². The molecular formula is C16H24N2O2. The van der Waals surface area contributed by atoms with Crippen molar-refractivity contribution in [2.75, 3.05) is 12.4 Å². The second-order valence-corrected chi connectivity index (χ2v) is 5.67. The lowest BCUT2D eigenvalue weighted by Crippen LogP contribution is -2.43. The fraction of sp³-hybridized carbons (Fsp3) is 0.562. The molecule has 0 saturated heterocycles.